The molecule has 0 aliphatic carbocycles. The Balaban J connectivity index is 1.84. The average molecular weight is 539 g/mol. The van der Waals surface area contributed by atoms with Crippen molar-refractivity contribution in [1.29, 1.82) is 0 Å². The first-order valence-electron chi connectivity index (χ1n) is 8.64. The topological polar surface area (TPSA) is 87.6 Å². The van der Waals surface area contributed by atoms with Crippen LogP contribution in [0.15, 0.2) is 50.4 Å². The Bertz CT molecular complexity index is 1060. The zero-order valence-corrected chi connectivity index (χ0v) is 19.5. The van der Waals surface area contributed by atoms with Crippen molar-refractivity contribution in [3.8, 4) is 5.75 Å². The van der Waals surface area contributed by atoms with Crippen molar-refractivity contribution < 1.29 is 9.13 Å². The highest BCUT2D eigenvalue weighted by molar-refractivity contribution is 9.11. The molecule has 0 fully saturated rings. The molecular formula is C19H18Br2FN7O. The van der Waals surface area contributed by atoms with Crippen LogP contribution in [0.25, 0.3) is 0 Å². The van der Waals surface area contributed by atoms with Gasteiger partial charge in [0.25, 0.3) is 0 Å². The minimum atomic E-state index is -0.323. The van der Waals surface area contributed by atoms with Gasteiger partial charge in [0.15, 0.2) is 0 Å². The zero-order valence-electron chi connectivity index (χ0n) is 16.3. The van der Waals surface area contributed by atoms with Gasteiger partial charge < -0.3 is 15.0 Å². The van der Waals surface area contributed by atoms with Crippen molar-refractivity contribution in [1.82, 2.24) is 15.0 Å². The third-order valence-corrected chi connectivity index (χ3v) is 4.78. The van der Waals surface area contributed by atoms with Crippen LogP contribution in [0.4, 0.5) is 27.9 Å². The molecule has 1 heterocycles. The maximum atomic E-state index is 13.1. The Morgan fingerprint density at radius 3 is 2.43 bits per heavy atom. The summed E-state index contributed by atoms with van der Waals surface area (Å²) in [5.41, 5.74) is 4.20. The molecule has 11 heteroatoms. The third kappa shape index (κ3) is 5.63. The standard InChI is InChI=1S/C19H18Br2FN7O/c1-29(2)19-26-17(24-14-6-4-13(22)5-7-14)25-18(27-19)28-23-10-11-8-12(20)9-15(21)16(11)30-3/h4-10H,1-3H3,(H2,24,25,26,27,28)/b23-10+. The van der Waals surface area contributed by atoms with E-state index in [4.69, 9.17) is 4.74 Å². The van der Waals surface area contributed by atoms with E-state index in [2.05, 4.69) is 62.7 Å². The van der Waals surface area contributed by atoms with Crippen molar-refractivity contribution in [3.05, 3.63) is 56.7 Å². The van der Waals surface area contributed by atoms with Gasteiger partial charge in [-0.25, -0.2) is 9.82 Å². The van der Waals surface area contributed by atoms with E-state index in [0.717, 1.165) is 14.5 Å². The number of benzene rings is 2. The number of hydrogen-bond acceptors (Lipinski definition) is 8. The molecule has 1 aromatic heterocycles. The number of hydrogen-bond donors (Lipinski definition) is 2. The van der Waals surface area contributed by atoms with Crippen LogP contribution in [0.3, 0.4) is 0 Å². The number of halogens is 3. The first kappa shape index (κ1) is 21.9. The lowest BCUT2D eigenvalue weighted by Gasteiger charge is -2.13. The molecule has 3 rings (SSSR count). The summed E-state index contributed by atoms with van der Waals surface area (Å²) in [6.07, 6.45) is 1.60. The number of nitrogens with one attached hydrogen (secondary N) is 2. The molecule has 2 aromatic carbocycles. The molecule has 0 aliphatic heterocycles. The molecule has 0 atom stereocenters. The predicted molar refractivity (Wildman–Crippen MR) is 123 cm³/mol. The van der Waals surface area contributed by atoms with Gasteiger partial charge in [0.1, 0.15) is 11.6 Å². The molecule has 0 radical (unpaired) electrons. The quantitative estimate of drug-likeness (QED) is 0.330. The Morgan fingerprint density at radius 2 is 1.77 bits per heavy atom. The third-order valence-electron chi connectivity index (χ3n) is 3.73. The number of anilines is 4. The average Bonchev–Trinajstić information content (AvgIpc) is 2.69. The number of nitrogens with zero attached hydrogens (tertiary/aromatic N) is 5. The van der Waals surface area contributed by atoms with E-state index in [-0.39, 0.29) is 11.8 Å². The van der Waals surface area contributed by atoms with E-state index in [0.29, 0.717) is 23.3 Å². The Hall–Kier alpha value is -2.79. The summed E-state index contributed by atoms with van der Waals surface area (Å²) < 4.78 is 20.2. The first-order chi connectivity index (χ1) is 14.4. The molecule has 0 bridgehead atoms. The Morgan fingerprint density at radius 1 is 1.07 bits per heavy atom. The summed E-state index contributed by atoms with van der Waals surface area (Å²) in [5, 5.41) is 7.25. The van der Waals surface area contributed by atoms with Crippen LogP contribution >= 0.6 is 31.9 Å². The molecule has 8 nitrogen and oxygen atoms in total. The van der Waals surface area contributed by atoms with Crippen molar-refractivity contribution in [2.24, 2.45) is 5.10 Å². The van der Waals surface area contributed by atoms with Crippen LogP contribution in [0.2, 0.25) is 0 Å². The Kier molecular flexibility index (Phi) is 7.16. The minimum absolute atomic E-state index is 0.239. The van der Waals surface area contributed by atoms with Crippen molar-refractivity contribution in [2.45, 2.75) is 0 Å². The lowest BCUT2D eigenvalue weighted by Crippen LogP contribution is -2.15. The van der Waals surface area contributed by atoms with Crippen LogP contribution < -0.4 is 20.4 Å². The summed E-state index contributed by atoms with van der Waals surface area (Å²) in [7, 11) is 5.21. The van der Waals surface area contributed by atoms with Gasteiger partial charge in [-0.05, 0) is 52.3 Å². The molecule has 0 spiro atoms. The van der Waals surface area contributed by atoms with E-state index in [9.17, 15) is 4.39 Å². The van der Waals surface area contributed by atoms with Gasteiger partial charge in [-0.3, -0.25) is 0 Å². The van der Waals surface area contributed by atoms with Crippen LogP contribution in [0.1, 0.15) is 5.56 Å². The van der Waals surface area contributed by atoms with Crippen molar-refractivity contribution >= 4 is 61.6 Å². The van der Waals surface area contributed by atoms with E-state index < -0.39 is 0 Å². The van der Waals surface area contributed by atoms with Crippen molar-refractivity contribution in [3.63, 3.8) is 0 Å². The summed E-state index contributed by atoms with van der Waals surface area (Å²) >= 11 is 6.90. The van der Waals surface area contributed by atoms with Gasteiger partial charge in [0.2, 0.25) is 17.8 Å². The van der Waals surface area contributed by atoms with Crippen molar-refractivity contribution in [2.75, 3.05) is 36.8 Å². The summed E-state index contributed by atoms with van der Waals surface area (Å²) in [6.45, 7) is 0. The summed E-state index contributed by atoms with van der Waals surface area (Å²) in [4.78, 5) is 14.7. The predicted octanol–water partition coefficient (Wildman–Crippen LogP) is 4.80. The molecular weight excluding hydrogens is 521 g/mol. The highest BCUT2D eigenvalue weighted by Gasteiger charge is 2.10. The van der Waals surface area contributed by atoms with Crippen LogP contribution in [0, 0.1) is 5.82 Å². The minimum Gasteiger partial charge on any atom is -0.495 e. The van der Waals surface area contributed by atoms with Gasteiger partial charge in [0, 0.05) is 29.8 Å². The molecule has 0 saturated carbocycles. The smallest absolute Gasteiger partial charge is 0.250 e. The normalized spacial score (nSPS) is 10.9. The van der Waals surface area contributed by atoms with E-state index in [1.807, 2.05) is 26.2 Å². The second kappa shape index (κ2) is 9.81. The molecule has 0 amide bonds. The fourth-order valence-electron chi connectivity index (χ4n) is 2.38. The summed E-state index contributed by atoms with van der Waals surface area (Å²) in [5.74, 6) is 1.28. The second-order valence-corrected chi connectivity index (χ2v) is 7.96. The number of hydrazone groups is 1. The van der Waals surface area contributed by atoms with E-state index in [1.54, 1.807) is 30.4 Å². The maximum absolute atomic E-state index is 13.1. The number of methoxy groups -OCH3 is 1. The lowest BCUT2D eigenvalue weighted by molar-refractivity contribution is 0.411. The molecule has 156 valence electrons. The molecule has 0 unspecified atom stereocenters. The van der Waals surface area contributed by atoms with E-state index >= 15 is 0 Å². The maximum Gasteiger partial charge on any atom is 0.250 e. The van der Waals surface area contributed by atoms with Crippen LogP contribution in [-0.4, -0.2) is 42.4 Å². The summed E-state index contributed by atoms with van der Waals surface area (Å²) in [6, 6.07) is 9.64. The fraction of sp³-hybridized carbons (Fsp3) is 0.158. The van der Waals surface area contributed by atoms with Crippen LogP contribution in [0.5, 0.6) is 5.75 Å². The molecule has 0 saturated heterocycles. The zero-order chi connectivity index (χ0) is 21.7. The highest BCUT2D eigenvalue weighted by atomic mass is 79.9. The number of ether oxygens (including phenoxy) is 1. The highest BCUT2D eigenvalue weighted by Crippen LogP contribution is 2.31. The van der Waals surface area contributed by atoms with Gasteiger partial charge in [-0.15, -0.1) is 0 Å². The van der Waals surface area contributed by atoms with Gasteiger partial charge >= 0.3 is 0 Å². The molecule has 30 heavy (non-hydrogen) atoms. The van der Waals surface area contributed by atoms with Crippen LogP contribution in [-0.2, 0) is 0 Å². The molecule has 2 N–H and O–H groups in total. The van der Waals surface area contributed by atoms with E-state index in [1.165, 1.54) is 12.1 Å². The Labute approximate surface area is 189 Å². The monoisotopic (exact) mass is 537 g/mol. The van der Waals surface area contributed by atoms with Gasteiger partial charge in [0.05, 0.1) is 17.8 Å². The largest absolute Gasteiger partial charge is 0.495 e. The lowest BCUT2D eigenvalue weighted by atomic mass is 10.2. The van der Waals surface area contributed by atoms with Gasteiger partial charge in [-0.1, -0.05) is 15.9 Å². The second-order valence-electron chi connectivity index (χ2n) is 6.19. The SMILES string of the molecule is COc1c(Br)cc(Br)cc1/C=N/Nc1nc(Nc2ccc(F)cc2)nc(N(C)C)n1. The fourth-order valence-corrected chi connectivity index (χ4v) is 3.80. The first-order valence-corrected chi connectivity index (χ1v) is 10.2. The molecule has 0 aliphatic rings. The molecule has 3 aromatic rings. The number of rotatable bonds is 7. The number of aromatic nitrogens is 3. The van der Waals surface area contributed by atoms with Gasteiger partial charge in [-0.2, -0.15) is 20.1 Å².